The molecule has 0 saturated carbocycles. The van der Waals surface area contributed by atoms with Crippen LogP contribution in [0, 0.1) is 0 Å². The van der Waals surface area contributed by atoms with Crippen LogP contribution in [0.2, 0.25) is 0 Å². The lowest BCUT2D eigenvalue weighted by Gasteiger charge is -2.34. The first-order chi connectivity index (χ1) is 14.6. The van der Waals surface area contributed by atoms with Gasteiger partial charge in [-0.05, 0) is 36.1 Å². The first-order valence-electron chi connectivity index (χ1n) is 9.84. The zero-order valence-electron chi connectivity index (χ0n) is 16.4. The van der Waals surface area contributed by atoms with E-state index in [1.165, 1.54) is 17.0 Å². The molecule has 3 aromatic heterocycles. The Balaban J connectivity index is 1.26. The number of rotatable bonds is 6. The average Bonchev–Trinajstić information content (AvgIpc) is 3.49. The van der Waals surface area contributed by atoms with Gasteiger partial charge in [-0.25, -0.2) is 4.68 Å². The van der Waals surface area contributed by atoms with Crippen molar-refractivity contribution in [3.8, 4) is 10.6 Å². The second-order valence-electron chi connectivity index (χ2n) is 7.01. The average molecular weight is 426 g/mol. The molecule has 0 aliphatic carbocycles. The van der Waals surface area contributed by atoms with Crippen LogP contribution in [-0.4, -0.2) is 57.6 Å². The van der Waals surface area contributed by atoms with Crippen LogP contribution in [0.4, 0.5) is 0 Å². The lowest BCUT2D eigenvalue weighted by atomic mass is 10.2. The summed E-state index contributed by atoms with van der Waals surface area (Å²) in [5.41, 5.74) is 0.584. The summed E-state index contributed by atoms with van der Waals surface area (Å²) in [6.07, 6.45) is 2.35. The topological polar surface area (TPSA) is 88.7 Å². The van der Waals surface area contributed by atoms with Crippen molar-refractivity contribution >= 4 is 23.2 Å². The number of hydrogen-bond donors (Lipinski definition) is 0. The highest BCUT2D eigenvalue weighted by Crippen LogP contribution is 2.21. The van der Waals surface area contributed by atoms with Crippen LogP contribution in [-0.2, 0) is 11.3 Å². The molecule has 0 radical (unpaired) electrons. The predicted molar refractivity (Wildman–Crippen MR) is 112 cm³/mol. The molecule has 156 valence electrons. The van der Waals surface area contributed by atoms with E-state index in [2.05, 4.69) is 5.10 Å². The highest BCUT2D eigenvalue weighted by atomic mass is 32.1. The zero-order chi connectivity index (χ0) is 20.9. The lowest BCUT2D eigenvalue weighted by Crippen LogP contribution is -2.50. The number of piperazine rings is 1. The Morgan fingerprint density at radius 1 is 1.03 bits per heavy atom. The van der Waals surface area contributed by atoms with E-state index < -0.39 is 0 Å². The molecular formula is C21H22N4O4S. The van der Waals surface area contributed by atoms with E-state index in [0.29, 0.717) is 51.3 Å². The minimum absolute atomic E-state index is 0.0301. The monoisotopic (exact) mass is 426 g/mol. The number of aryl methyl sites for hydroxylation is 1. The second-order valence-corrected chi connectivity index (χ2v) is 7.96. The Kier molecular flexibility index (Phi) is 6.08. The summed E-state index contributed by atoms with van der Waals surface area (Å²) in [7, 11) is 0. The largest absolute Gasteiger partial charge is 0.459 e. The van der Waals surface area contributed by atoms with E-state index in [1.54, 1.807) is 39.3 Å². The van der Waals surface area contributed by atoms with Gasteiger partial charge in [0.25, 0.3) is 11.5 Å². The van der Waals surface area contributed by atoms with Crippen molar-refractivity contribution in [1.29, 1.82) is 0 Å². The van der Waals surface area contributed by atoms with E-state index in [-0.39, 0.29) is 17.4 Å². The molecule has 3 aromatic rings. The van der Waals surface area contributed by atoms with Crippen LogP contribution < -0.4 is 5.56 Å². The number of thiophene rings is 1. The number of nitrogens with zero attached hydrogens (tertiary/aromatic N) is 4. The first kappa shape index (κ1) is 20.1. The molecule has 1 saturated heterocycles. The van der Waals surface area contributed by atoms with E-state index in [0.717, 1.165) is 10.6 Å². The summed E-state index contributed by atoms with van der Waals surface area (Å²) in [5, 5.41) is 6.38. The molecule has 0 aromatic carbocycles. The van der Waals surface area contributed by atoms with Gasteiger partial charge >= 0.3 is 0 Å². The maximum absolute atomic E-state index is 12.5. The van der Waals surface area contributed by atoms with Gasteiger partial charge in [0, 0.05) is 45.2 Å². The lowest BCUT2D eigenvalue weighted by molar-refractivity contribution is -0.132. The molecule has 0 bridgehead atoms. The predicted octanol–water partition coefficient (Wildman–Crippen LogP) is 2.33. The minimum Gasteiger partial charge on any atom is -0.459 e. The van der Waals surface area contributed by atoms with Gasteiger partial charge in [0.15, 0.2) is 5.76 Å². The summed E-state index contributed by atoms with van der Waals surface area (Å²) in [4.78, 5) is 41.4. The van der Waals surface area contributed by atoms with Crippen molar-refractivity contribution in [2.75, 3.05) is 26.2 Å². The summed E-state index contributed by atoms with van der Waals surface area (Å²) in [5.74, 6) is 0.197. The van der Waals surface area contributed by atoms with Crippen molar-refractivity contribution < 1.29 is 14.0 Å². The molecule has 8 nitrogen and oxygen atoms in total. The Morgan fingerprint density at radius 2 is 1.83 bits per heavy atom. The van der Waals surface area contributed by atoms with E-state index in [4.69, 9.17) is 4.42 Å². The van der Waals surface area contributed by atoms with Gasteiger partial charge in [-0.15, -0.1) is 11.3 Å². The Bertz CT molecular complexity index is 1050. The molecule has 30 heavy (non-hydrogen) atoms. The molecule has 1 aliphatic rings. The van der Waals surface area contributed by atoms with Gasteiger partial charge in [-0.2, -0.15) is 5.10 Å². The van der Waals surface area contributed by atoms with Crippen molar-refractivity contribution in [1.82, 2.24) is 19.6 Å². The summed E-state index contributed by atoms with van der Waals surface area (Å²) < 4.78 is 6.57. The summed E-state index contributed by atoms with van der Waals surface area (Å²) >= 11 is 1.57. The van der Waals surface area contributed by atoms with Crippen molar-refractivity contribution in [3.63, 3.8) is 0 Å². The van der Waals surface area contributed by atoms with E-state index in [9.17, 15) is 14.4 Å². The quantitative estimate of drug-likeness (QED) is 0.604. The van der Waals surface area contributed by atoms with Crippen LogP contribution >= 0.6 is 11.3 Å². The maximum Gasteiger partial charge on any atom is 0.289 e. The van der Waals surface area contributed by atoms with Crippen LogP contribution in [0.25, 0.3) is 10.6 Å². The molecule has 1 fully saturated rings. The zero-order valence-corrected chi connectivity index (χ0v) is 17.2. The Hall–Kier alpha value is -3.20. The Morgan fingerprint density at radius 3 is 2.53 bits per heavy atom. The molecule has 4 rings (SSSR count). The number of carbonyl (C=O) groups is 2. The first-order valence-corrected chi connectivity index (χ1v) is 10.7. The molecule has 9 heteroatoms. The Labute approximate surface area is 177 Å². The number of aromatic nitrogens is 2. The fourth-order valence-corrected chi connectivity index (χ4v) is 4.11. The van der Waals surface area contributed by atoms with E-state index in [1.807, 2.05) is 17.5 Å². The summed E-state index contributed by atoms with van der Waals surface area (Å²) in [6, 6.07) is 10.5. The van der Waals surface area contributed by atoms with E-state index >= 15 is 0 Å². The third-order valence-electron chi connectivity index (χ3n) is 5.05. The number of carbonyl (C=O) groups excluding carboxylic acids is 2. The highest BCUT2D eigenvalue weighted by Gasteiger charge is 2.25. The molecule has 0 unspecified atom stereocenters. The van der Waals surface area contributed by atoms with Gasteiger partial charge in [-0.3, -0.25) is 14.4 Å². The highest BCUT2D eigenvalue weighted by molar-refractivity contribution is 7.13. The third-order valence-corrected chi connectivity index (χ3v) is 5.94. The third kappa shape index (κ3) is 4.51. The fourth-order valence-electron chi connectivity index (χ4n) is 3.42. The molecule has 2 amide bonds. The molecule has 0 spiro atoms. The molecule has 1 aliphatic heterocycles. The standard InChI is InChI=1S/C21H22N4O4S/c26-19(23-10-12-24(13-11-23)21(28)17-4-2-14-29-17)6-1-9-25-20(27)8-7-16(22-25)18-5-3-15-30-18/h2-5,7-8,14-15H,1,6,9-13H2. The number of amides is 2. The van der Waals surface area contributed by atoms with Gasteiger partial charge in [0.1, 0.15) is 5.69 Å². The van der Waals surface area contributed by atoms with Crippen molar-refractivity contribution in [2.24, 2.45) is 0 Å². The second kappa shape index (κ2) is 9.08. The van der Waals surface area contributed by atoms with Gasteiger partial charge in [0.05, 0.1) is 11.1 Å². The summed E-state index contributed by atoms with van der Waals surface area (Å²) in [6.45, 7) is 2.35. The maximum atomic E-state index is 12.5. The molecule has 0 N–H and O–H groups in total. The number of furan rings is 1. The molecule has 0 atom stereocenters. The number of hydrogen-bond acceptors (Lipinski definition) is 6. The van der Waals surface area contributed by atoms with Gasteiger partial charge in [-0.1, -0.05) is 6.07 Å². The van der Waals surface area contributed by atoms with Crippen LogP contribution in [0.1, 0.15) is 23.4 Å². The normalized spacial score (nSPS) is 14.1. The van der Waals surface area contributed by atoms with Crippen LogP contribution in [0.15, 0.2) is 57.3 Å². The minimum atomic E-state index is -0.173. The van der Waals surface area contributed by atoms with Crippen molar-refractivity contribution in [3.05, 3.63) is 64.2 Å². The van der Waals surface area contributed by atoms with Gasteiger partial charge in [0.2, 0.25) is 5.91 Å². The molecular weight excluding hydrogens is 404 g/mol. The van der Waals surface area contributed by atoms with Crippen LogP contribution in [0.3, 0.4) is 0 Å². The van der Waals surface area contributed by atoms with Gasteiger partial charge < -0.3 is 14.2 Å². The molecule has 4 heterocycles. The van der Waals surface area contributed by atoms with Crippen molar-refractivity contribution in [2.45, 2.75) is 19.4 Å². The van der Waals surface area contributed by atoms with Crippen LogP contribution in [0.5, 0.6) is 0 Å². The smallest absolute Gasteiger partial charge is 0.289 e. The SMILES string of the molecule is O=C(CCCn1nc(-c2cccs2)ccc1=O)N1CCN(C(=O)c2ccco2)CC1. The fraction of sp³-hybridized carbons (Fsp3) is 0.333.